The molecule has 1 heterocycles. The van der Waals surface area contributed by atoms with Crippen LogP contribution >= 0.6 is 0 Å². The highest BCUT2D eigenvalue weighted by atomic mass is 19.1. The molecule has 0 aliphatic rings. The summed E-state index contributed by atoms with van der Waals surface area (Å²) in [5, 5.41) is 0. The fourth-order valence-electron chi connectivity index (χ4n) is 3.91. The first kappa shape index (κ1) is 27.1. The molecule has 2 amide bonds. The Hall–Kier alpha value is -3.45. The van der Waals surface area contributed by atoms with Crippen molar-refractivity contribution < 1.29 is 23.1 Å². The van der Waals surface area contributed by atoms with Crippen LogP contribution in [0.5, 0.6) is 0 Å². The van der Waals surface area contributed by atoms with Crippen LogP contribution in [0, 0.1) is 12.7 Å². The second-order valence-electron chi connectivity index (χ2n) is 8.74. The molecular formula is C29H35FN2O4. The molecule has 0 N–H and O–H groups in total. The van der Waals surface area contributed by atoms with Crippen LogP contribution in [0.4, 0.5) is 4.39 Å². The van der Waals surface area contributed by atoms with Gasteiger partial charge in [-0.05, 0) is 62.1 Å². The van der Waals surface area contributed by atoms with E-state index in [0.29, 0.717) is 44.8 Å². The molecule has 6 nitrogen and oxygen atoms in total. The van der Waals surface area contributed by atoms with Crippen LogP contribution in [0.25, 0.3) is 0 Å². The molecular weight excluding hydrogens is 459 g/mol. The van der Waals surface area contributed by atoms with Gasteiger partial charge in [0, 0.05) is 32.7 Å². The Balaban J connectivity index is 1.71. The first-order chi connectivity index (χ1) is 17.4. The number of carbonyl (C=O) groups is 2. The average molecular weight is 495 g/mol. The van der Waals surface area contributed by atoms with Crippen LogP contribution in [0.1, 0.15) is 42.4 Å². The molecule has 0 radical (unpaired) electrons. The minimum atomic E-state index is -0.331. The van der Waals surface area contributed by atoms with E-state index in [2.05, 4.69) is 0 Å². The third kappa shape index (κ3) is 8.96. The Bertz CT molecular complexity index is 1080. The molecule has 0 unspecified atom stereocenters. The van der Waals surface area contributed by atoms with E-state index in [0.717, 1.165) is 16.9 Å². The zero-order chi connectivity index (χ0) is 25.8. The van der Waals surface area contributed by atoms with Gasteiger partial charge in [-0.3, -0.25) is 9.59 Å². The first-order valence-corrected chi connectivity index (χ1v) is 12.4. The number of hydrogen-bond acceptors (Lipinski definition) is 4. The minimum Gasteiger partial charge on any atom is -0.464 e. The number of furan rings is 1. The van der Waals surface area contributed by atoms with E-state index in [1.165, 1.54) is 12.1 Å². The average Bonchev–Trinajstić information content (AvgIpc) is 3.30. The van der Waals surface area contributed by atoms with Crippen molar-refractivity contribution in [1.29, 1.82) is 0 Å². The van der Waals surface area contributed by atoms with Crippen LogP contribution < -0.4 is 0 Å². The number of ether oxygens (including phenoxy) is 1. The number of benzene rings is 2. The van der Waals surface area contributed by atoms with E-state index >= 15 is 0 Å². The highest BCUT2D eigenvalue weighted by Crippen LogP contribution is 2.15. The van der Waals surface area contributed by atoms with Crippen molar-refractivity contribution in [1.82, 2.24) is 9.80 Å². The van der Waals surface area contributed by atoms with E-state index in [9.17, 15) is 14.0 Å². The standard InChI is InChI=1S/C29H35FN2O4/c1-3-35-19-7-18-31(28(33)17-13-24-8-5-4-6-9-24)22-29(34)32(21-27-16-10-23(2)36-27)20-25-11-14-26(30)15-12-25/h4-6,8-12,14-16H,3,7,13,17-22H2,1-2H3. The smallest absolute Gasteiger partial charge is 0.242 e. The molecule has 192 valence electrons. The number of rotatable bonds is 14. The normalized spacial score (nSPS) is 10.9. The van der Waals surface area contributed by atoms with Gasteiger partial charge in [-0.1, -0.05) is 42.5 Å². The van der Waals surface area contributed by atoms with E-state index in [-0.39, 0.29) is 37.3 Å². The maximum absolute atomic E-state index is 13.5. The quantitative estimate of drug-likeness (QED) is 0.291. The highest BCUT2D eigenvalue weighted by molar-refractivity contribution is 5.85. The van der Waals surface area contributed by atoms with Gasteiger partial charge in [0.05, 0.1) is 13.1 Å². The Morgan fingerprint density at radius 2 is 1.64 bits per heavy atom. The minimum absolute atomic E-state index is 0.0410. The van der Waals surface area contributed by atoms with Gasteiger partial charge in [0.1, 0.15) is 17.3 Å². The van der Waals surface area contributed by atoms with Gasteiger partial charge in [-0.2, -0.15) is 0 Å². The van der Waals surface area contributed by atoms with Gasteiger partial charge in [0.25, 0.3) is 0 Å². The summed E-state index contributed by atoms with van der Waals surface area (Å²) < 4.78 is 24.6. The molecule has 7 heteroatoms. The first-order valence-electron chi connectivity index (χ1n) is 12.4. The van der Waals surface area contributed by atoms with Gasteiger partial charge < -0.3 is 19.0 Å². The predicted octanol–water partition coefficient (Wildman–Crippen LogP) is 5.14. The van der Waals surface area contributed by atoms with Crippen molar-refractivity contribution in [3.05, 3.63) is 95.2 Å². The monoisotopic (exact) mass is 494 g/mol. The number of amides is 2. The van der Waals surface area contributed by atoms with Crippen LogP contribution in [-0.2, 0) is 33.8 Å². The van der Waals surface area contributed by atoms with Crippen molar-refractivity contribution in [2.24, 2.45) is 0 Å². The van der Waals surface area contributed by atoms with E-state index in [1.807, 2.05) is 56.3 Å². The molecule has 2 aromatic carbocycles. The maximum atomic E-state index is 13.5. The van der Waals surface area contributed by atoms with Crippen molar-refractivity contribution in [2.45, 2.75) is 46.2 Å². The summed E-state index contributed by atoms with van der Waals surface area (Å²) in [7, 11) is 0. The number of nitrogens with zero attached hydrogens (tertiary/aromatic N) is 2. The van der Waals surface area contributed by atoms with Gasteiger partial charge in [0.2, 0.25) is 11.8 Å². The van der Waals surface area contributed by atoms with Gasteiger partial charge in [-0.15, -0.1) is 0 Å². The lowest BCUT2D eigenvalue weighted by molar-refractivity contribution is -0.141. The van der Waals surface area contributed by atoms with Gasteiger partial charge in [-0.25, -0.2) is 4.39 Å². The van der Waals surface area contributed by atoms with Gasteiger partial charge >= 0.3 is 0 Å². The zero-order valence-electron chi connectivity index (χ0n) is 21.1. The van der Waals surface area contributed by atoms with E-state index in [4.69, 9.17) is 9.15 Å². The predicted molar refractivity (Wildman–Crippen MR) is 137 cm³/mol. The fraction of sp³-hybridized carbons (Fsp3) is 0.379. The molecule has 0 aliphatic carbocycles. The number of halogens is 1. The summed E-state index contributed by atoms with van der Waals surface area (Å²) in [6, 6.07) is 19.6. The Labute approximate surface area is 212 Å². The van der Waals surface area contributed by atoms with E-state index in [1.54, 1.807) is 21.9 Å². The second kappa shape index (κ2) is 14.2. The molecule has 0 fully saturated rings. The molecule has 0 saturated carbocycles. The summed E-state index contributed by atoms with van der Waals surface area (Å²) >= 11 is 0. The molecule has 36 heavy (non-hydrogen) atoms. The third-order valence-corrected chi connectivity index (χ3v) is 5.85. The largest absolute Gasteiger partial charge is 0.464 e. The molecule has 0 bridgehead atoms. The molecule has 0 spiro atoms. The topological polar surface area (TPSA) is 63.0 Å². The van der Waals surface area contributed by atoms with Crippen molar-refractivity contribution in [3.63, 3.8) is 0 Å². The molecule has 0 atom stereocenters. The third-order valence-electron chi connectivity index (χ3n) is 5.85. The molecule has 3 aromatic rings. The lowest BCUT2D eigenvalue weighted by atomic mass is 10.1. The summed E-state index contributed by atoms with van der Waals surface area (Å²) in [6.45, 7) is 5.84. The van der Waals surface area contributed by atoms with Crippen LogP contribution in [0.2, 0.25) is 0 Å². The number of hydrogen-bond donors (Lipinski definition) is 0. The van der Waals surface area contributed by atoms with Gasteiger partial charge in [0.15, 0.2) is 0 Å². The summed E-state index contributed by atoms with van der Waals surface area (Å²) in [5.41, 5.74) is 1.88. The summed E-state index contributed by atoms with van der Waals surface area (Å²) in [4.78, 5) is 29.9. The van der Waals surface area contributed by atoms with Crippen molar-refractivity contribution in [3.8, 4) is 0 Å². The Morgan fingerprint density at radius 1 is 0.889 bits per heavy atom. The zero-order valence-corrected chi connectivity index (χ0v) is 21.1. The summed E-state index contributed by atoms with van der Waals surface area (Å²) in [5.74, 6) is 0.814. The summed E-state index contributed by atoms with van der Waals surface area (Å²) in [6.07, 6.45) is 1.58. The fourth-order valence-corrected chi connectivity index (χ4v) is 3.91. The lowest BCUT2D eigenvalue weighted by Gasteiger charge is -2.27. The Morgan fingerprint density at radius 3 is 2.31 bits per heavy atom. The van der Waals surface area contributed by atoms with E-state index < -0.39 is 0 Å². The van der Waals surface area contributed by atoms with Crippen molar-refractivity contribution in [2.75, 3.05) is 26.3 Å². The Kier molecular flexibility index (Phi) is 10.7. The number of aryl methyl sites for hydroxylation is 2. The molecule has 3 rings (SSSR count). The molecule has 0 aliphatic heterocycles. The lowest BCUT2D eigenvalue weighted by Crippen LogP contribution is -2.43. The molecule has 0 saturated heterocycles. The second-order valence-corrected chi connectivity index (χ2v) is 8.74. The number of carbonyl (C=O) groups excluding carboxylic acids is 2. The van der Waals surface area contributed by atoms with Crippen LogP contribution in [0.15, 0.2) is 71.1 Å². The SMILES string of the molecule is CCOCCCN(CC(=O)N(Cc1ccc(F)cc1)Cc1ccc(C)o1)C(=O)CCc1ccccc1. The molecule has 1 aromatic heterocycles. The van der Waals surface area contributed by atoms with Crippen molar-refractivity contribution >= 4 is 11.8 Å². The van der Waals surface area contributed by atoms with Crippen LogP contribution in [-0.4, -0.2) is 47.9 Å². The highest BCUT2D eigenvalue weighted by Gasteiger charge is 2.22. The maximum Gasteiger partial charge on any atom is 0.242 e. The van der Waals surface area contributed by atoms with Crippen LogP contribution in [0.3, 0.4) is 0 Å².